The smallest absolute Gasteiger partial charge is 0.311 e. The van der Waals surface area contributed by atoms with E-state index < -0.39 is 5.97 Å². The van der Waals surface area contributed by atoms with E-state index in [0.29, 0.717) is 18.0 Å². The molecule has 0 saturated carbocycles. The van der Waals surface area contributed by atoms with Crippen LogP contribution < -0.4 is 15.8 Å². The molecule has 25 heavy (non-hydrogen) atoms. The van der Waals surface area contributed by atoms with Crippen LogP contribution in [0, 0.1) is 11.3 Å². The summed E-state index contributed by atoms with van der Waals surface area (Å²) in [6.45, 7) is 2.81. The van der Waals surface area contributed by atoms with Gasteiger partial charge in [0, 0.05) is 32.5 Å². The molecule has 1 saturated heterocycles. The molecule has 1 aromatic carbocycles. The number of nitrogens with two attached hydrogens (primary N) is 1. The van der Waals surface area contributed by atoms with Gasteiger partial charge in [0.1, 0.15) is 5.75 Å². The summed E-state index contributed by atoms with van der Waals surface area (Å²) in [6.07, 6.45) is 2.71. The van der Waals surface area contributed by atoms with Gasteiger partial charge in [0.15, 0.2) is 11.7 Å². The topological polar surface area (TPSA) is 129 Å². The third-order valence-corrected chi connectivity index (χ3v) is 4.21. The number of likely N-dealkylation sites (tertiary alicyclic amines) is 1. The molecule has 5 N–H and O–H groups in total. The van der Waals surface area contributed by atoms with Crippen molar-refractivity contribution in [2.24, 2.45) is 11.7 Å². The molecule has 0 aromatic heterocycles. The standard InChI is InChI=1S/C17H24N4O4/c1-11(22)20-14-4-3-13(23)10-15(14)25-16(24)5-2-12-6-8-21(9-7-12)17(18)19/h3-4,10,12,23H,2,5-9H2,1H3,(H3,18,19)(H,20,22). The minimum absolute atomic E-state index is 0.0477. The van der Waals surface area contributed by atoms with Gasteiger partial charge in [-0.15, -0.1) is 0 Å². The van der Waals surface area contributed by atoms with E-state index in [1.54, 1.807) is 0 Å². The molecule has 1 amide bonds. The van der Waals surface area contributed by atoms with E-state index in [0.717, 1.165) is 25.9 Å². The Morgan fingerprint density at radius 1 is 1.40 bits per heavy atom. The Hall–Kier alpha value is -2.77. The Morgan fingerprint density at radius 2 is 2.08 bits per heavy atom. The molecule has 1 aliphatic rings. The number of rotatable bonds is 5. The lowest BCUT2D eigenvalue weighted by Crippen LogP contribution is -2.42. The molecule has 1 heterocycles. The van der Waals surface area contributed by atoms with Gasteiger partial charge in [0.05, 0.1) is 5.69 Å². The molecule has 8 nitrogen and oxygen atoms in total. The molecule has 0 atom stereocenters. The number of piperidine rings is 1. The molecular weight excluding hydrogens is 324 g/mol. The second-order valence-corrected chi connectivity index (χ2v) is 6.19. The van der Waals surface area contributed by atoms with Crippen molar-refractivity contribution in [1.82, 2.24) is 4.90 Å². The maximum atomic E-state index is 12.1. The fraction of sp³-hybridized carbons (Fsp3) is 0.471. The number of guanidine groups is 1. The maximum Gasteiger partial charge on any atom is 0.311 e. The van der Waals surface area contributed by atoms with Gasteiger partial charge in [-0.3, -0.25) is 15.0 Å². The highest BCUT2D eigenvalue weighted by Crippen LogP contribution is 2.30. The zero-order valence-corrected chi connectivity index (χ0v) is 14.2. The van der Waals surface area contributed by atoms with E-state index in [1.165, 1.54) is 25.1 Å². The number of nitrogens with zero attached hydrogens (tertiary/aromatic N) is 1. The van der Waals surface area contributed by atoms with Gasteiger partial charge < -0.3 is 25.8 Å². The van der Waals surface area contributed by atoms with Crippen LogP contribution in [0.25, 0.3) is 0 Å². The molecule has 1 fully saturated rings. The number of carbonyl (C=O) groups excluding carboxylic acids is 2. The Labute approximate surface area is 146 Å². The molecule has 1 aromatic rings. The Bertz CT molecular complexity index is 654. The summed E-state index contributed by atoms with van der Waals surface area (Å²) in [5.74, 6) is -0.138. The maximum absolute atomic E-state index is 12.1. The molecule has 2 rings (SSSR count). The Kier molecular flexibility index (Phi) is 6.21. The fourth-order valence-electron chi connectivity index (χ4n) is 2.85. The van der Waals surface area contributed by atoms with E-state index in [4.69, 9.17) is 15.9 Å². The lowest BCUT2D eigenvalue weighted by Gasteiger charge is -2.31. The number of carbonyl (C=O) groups is 2. The summed E-state index contributed by atoms with van der Waals surface area (Å²) in [6, 6.07) is 4.19. The minimum Gasteiger partial charge on any atom is -0.508 e. The van der Waals surface area contributed by atoms with Crippen LogP contribution in [0.2, 0.25) is 0 Å². The van der Waals surface area contributed by atoms with Crippen molar-refractivity contribution in [3.05, 3.63) is 18.2 Å². The first-order valence-corrected chi connectivity index (χ1v) is 8.25. The second-order valence-electron chi connectivity index (χ2n) is 6.19. The first kappa shape index (κ1) is 18.6. The van der Waals surface area contributed by atoms with Crippen LogP contribution >= 0.6 is 0 Å². The average Bonchev–Trinajstić information content (AvgIpc) is 2.55. The van der Waals surface area contributed by atoms with Gasteiger partial charge in [-0.1, -0.05) is 0 Å². The number of ether oxygens (including phenoxy) is 1. The third-order valence-electron chi connectivity index (χ3n) is 4.21. The van der Waals surface area contributed by atoms with Gasteiger partial charge in [0.25, 0.3) is 0 Å². The molecule has 0 unspecified atom stereocenters. The number of amides is 1. The quantitative estimate of drug-likeness (QED) is 0.210. The van der Waals surface area contributed by atoms with Crippen molar-refractivity contribution in [3.63, 3.8) is 0 Å². The van der Waals surface area contributed by atoms with E-state index in [1.807, 2.05) is 4.90 Å². The first-order valence-electron chi connectivity index (χ1n) is 8.25. The van der Waals surface area contributed by atoms with Gasteiger partial charge >= 0.3 is 5.97 Å². The van der Waals surface area contributed by atoms with Gasteiger partial charge in [0.2, 0.25) is 5.91 Å². The lowest BCUT2D eigenvalue weighted by molar-refractivity contribution is -0.134. The molecule has 0 aliphatic carbocycles. The summed E-state index contributed by atoms with van der Waals surface area (Å²) < 4.78 is 5.30. The summed E-state index contributed by atoms with van der Waals surface area (Å²) in [4.78, 5) is 25.1. The molecule has 0 spiro atoms. The fourth-order valence-corrected chi connectivity index (χ4v) is 2.85. The molecule has 1 aliphatic heterocycles. The number of hydrogen-bond donors (Lipinski definition) is 4. The van der Waals surface area contributed by atoms with Crippen molar-refractivity contribution >= 4 is 23.5 Å². The van der Waals surface area contributed by atoms with Crippen LogP contribution in [-0.2, 0) is 9.59 Å². The van der Waals surface area contributed by atoms with Crippen molar-refractivity contribution in [2.75, 3.05) is 18.4 Å². The van der Waals surface area contributed by atoms with E-state index in [2.05, 4.69) is 5.32 Å². The van der Waals surface area contributed by atoms with Gasteiger partial charge in [-0.25, -0.2) is 0 Å². The summed E-state index contributed by atoms with van der Waals surface area (Å²) in [5, 5.41) is 19.5. The summed E-state index contributed by atoms with van der Waals surface area (Å²) in [7, 11) is 0. The monoisotopic (exact) mass is 348 g/mol. The van der Waals surface area contributed by atoms with Gasteiger partial charge in [-0.05, 0) is 37.3 Å². The molecule has 0 radical (unpaired) electrons. The molecule has 136 valence electrons. The lowest BCUT2D eigenvalue weighted by atomic mass is 9.92. The number of aromatic hydroxyl groups is 1. The van der Waals surface area contributed by atoms with Crippen LogP contribution in [0.1, 0.15) is 32.6 Å². The van der Waals surface area contributed by atoms with Crippen LogP contribution in [-0.4, -0.2) is 40.9 Å². The largest absolute Gasteiger partial charge is 0.508 e. The molecular formula is C17H24N4O4. The Balaban J connectivity index is 1.85. The molecule has 0 bridgehead atoms. The van der Waals surface area contributed by atoms with Crippen LogP contribution in [0.3, 0.4) is 0 Å². The Morgan fingerprint density at radius 3 is 2.68 bits per heavy atom. The summed E-state index contributed by atoms with van der Waals surface area (Å²) >= 11 is 0. The average molecular weight is 348 g/mol. The normalized spacial score (nSPS) is 14.8. The second kappa shape index (κ2) is 8.36. The van der Waals surface area contributed by atoms with Crippen LogP contribution in [0.5, 0.6) is 11.5 Å². The van der Waals surface area contributed by atoms with Crippen molar-refractivity contribution in [2.45, 2.75) is 32.6 Å². The molecule has 8 heteroatoms. The minimum atomic E-state index is -0.411. The number of phenols is 1. The first-order chi connectivity index (χ1) is 11.8. The predicted molar refractivity (Wildman–Crippen MR) is 93.5 cm³/mol. The van der Waals surface area contributed by atoms with Crippen molar-refractivity contribution < 1.29 is 19.4 Å². The van der Waals surface area contributed by atoms with E-state index in [9.17, 15) is 14.7 Å². The van der Waals surface area contributed by atoms with Gasteiger partial charge in [-0.2, -0.15) is 0 Å². The SMILES string of the molecule is CC(=O)Nc1ccc(O)cc1OC(=O)CCC1CCN(C(=N)N)CC1. The van der Waals surface area contributed by atoms with Crippen molar-refractivity contribution in [1.29, 1.82) is 5.41 Å². The van der Waals surface area contributed by atoms with E-state index >= 15 is 0 Å². The zero-order valence-electron chi connectivity index (χ0n) is 14.2. The number of anilines is 1. The number of benzene rings is 1. The number of nitrogens with one attached hydrogen (secondary N) is 2. The van der Waals surface area contributed by atoms with E-state index in [-0.39, 0.29) is 29.8 Å². The highest BCUT2D eigenvalue weighted by Gasteiger charge is 2.21. The zero-order chi connectivity index (χ0) is 18.4. The van der Waals surface area contributed by atoms with Crippen molar-refractivity contribution in [3.8, 4) is 11.5 Å². The number of esters is 1. The highest BCUT2D eigenvalue weighted by atomic mass is 16.5. The van der Waals surface area contributed by atoms with Crippen LogP contribution in [0.15, 0.2) is 18.2 Å². The summed E-state index contributed by atoms with van der Waals surface area (Å²) in [5.41, 5.74) is 5.81. The van der Waals surface area contributed by atoms with Crippen LogP contribution in [0.4, 0.5) is 5.69 Å². The third kappa shape index (κ3) is 5.66. The predicted octanol–water partition coefficient (Wildman–Crippen LogP) is 1.64. The number of phenolic OH excluding ortho intramolecular Hbond substituents is 1. The highest BCUT2D eigenvalue weighted by molar-refractivity contribution is 5.91. The number of hydrogen-bond acceptors (Lipinski definition) is 5.